The molecule has 1 fully saturated rings. The number of hydrogen-bond acceptors (Lipinski definition) is 4. The van der Waals surface area contributed by atoms with Crippen molar-refractivity contribution in [2.24, 2.45) is 0 Å². The number of rotatable bonds is 1. The fourth-order valence-corrected chi connectivity index (χ4v) is 2.71. The van der Waals surface area contributed by atoms with Gasteiger partial charge in [0.2, 0.25) is 12.2 Å². The fourth-order valence-electron chi connectivity index (χ4n) is 2.71. The normalized spacial score (nSPS) is 28.9. The lowest BCUT2D eigenvalue weighted by atomic mass is 9.88. The molecule has 0 radical (unpaired) electrons. The zero-order valence-electron chi connectivity index (χ0n) is 9.41. The van der Waals surface area contributed by atoms with Crippen LogP contribution in [-0.2, 0) is 0 Å². The Morgan fingerprint density at radius 2 is 2.24 bits per heavy atom. The zero-order chi connectivity index (χ0) is 11.8. The summed E-state index contributed by atoms with van der Waals surface area (Å²) in [5.74, 6) is 0.463. The van der Waals surface area contributed by atoms with Gasteiger partial charge in [0.15, 0.2) is 5.76 Å². The van der Waals surface area contributed by atoms with Gasteiger partial charge in [-0.05, 0) is 25.0 Å². The van der Waals surface area contributed by atoms with Crippen LogP contribution in [0.2, 0.25) is 0 Å². The van der Waals surface area contributed by atoms with E-state index in [0.29, 0.717) is 11.5 Å². The van der Waals surface area contributed by atoms with Crippen LogP contribution in [0.4, 0.5) is 0 Å². The van der Waals surface area contributed by atoms with Crippen molar-refractivity contribution in [2.45, 2.75) is 37.8 Å². The van der Waals surface area contributed by atoms with E-state index >= 15 is 0 Å². The van der Waals surface area contributed by atoms with Crippen molar-refractivity contribution in [3.8, 4) is 0 Å². The first-order valence-electron chi connectivity index (χ1n) is 5.95. The maximum Gasteiger partial charge on any atom is 0.247 e. The van der Waals surface area contributed by atoms with E-state index < -0.39 is 0 Å². The predicted octanol–water partition coefficient (Wildman–Crippen LogP) is 2.48. The number of hydrogen-bond donors (Lipinski definition) is 0. The summed E-state index contributed by atoms with van der Waals surface area (Å²) in [6.45, 7) is 0. The van der Waals surface area contributed by atoms with Crippen LogP contribution in [-0.4, -0.2) is 21.9 Å². The smallest absolute Gasteiger partial charge is 0.247 e. The summed E-state index contributed by atoms with van der Waals surface area (Å²) in [5.41, 5.74) is 0.341. The summed E-state index contributed by atoms with van der Waals surface area (Å²) in [6, 6.07) is 2.99. The van der Waals surface area contributed by atoms with Gasteiger partial charge in [0.25, 0.3) is 0 Å². The molecule has 2 atom stereocenters. The molecule has 0 saturated heterocycles. The second-order valence-corrected chi connectivity index (χ2v) is 4.60. The minimum absolute atomic E-state index is 0.194. The molecular formula is C12H14N2O3. The van der Waals surface area contributed by atoms with Crippen molar-refractivity contribution < 1.29 is 9.18 Å². The molecule has 3 rings (SSSR count). The van der Waals surface area contributed by atoms with Gasteiger partial charge in [-0.3, -0.25) is 0 Å². The van der Waals surface area contributed by atoms with Gasteiger partial charge in [-0.1, -0.05) is 6.42 Å². The lowest BCUT2D eigenvalue weighted by molar-refractivity contribution is -0.536. The first-order chi connectivity index (χ1) is 8.27. The molecule has 0 unspecified atom stereocenters. The molecular weight excluding hydrogens is 220 g/mol. The highest BCUT2D eigenvalue weighted by Crippen LogP contribution is 2.34. The molecule has 5 nitrogen and oxygen atoms in total. The van der Waals surface area contributed by atoms with Crippen molar-refractivity contribution in [3.63, 3.8) is 0 Å². The SMILES string of the molecule is O=[N+]1C=C(c2ccco2)N([O-])[C@H]2CCCC[C@H]21. The Morgan fingerprint density at radius 1 is 1.41 bits per heavy atom. The van der Waals surface area contributed by atoms with Crippen LogP contribution in [0.1, 0.15) is 31.4 Å². The third kappa shape index (κ3) is 1.67. The Labute approximate surface area is 98.9 Å². The summed E-state index contributed by atoms with van der Waals surface area (Å²) in [4.78, 5) is 11.9. The fraction of sp³-hybridized carbons (Fsp3) is 0.500. The molecule has 0 bridgehead atoms. The highest BCUT2D eigenvalue weighted by molar-refractivity contribution is 5.59. The Hall–Kier alpha value is -1.62. The topological polar surface area (TPSA) is 59.5 Å². The first kappa shape index (κ1) is 10.5. The zero-order valence-corrected chi connectivity index (χ0v) is 9.41. The van der Waals surface area contributed by atoms with Gasteiger partial charge in [0, 0.05) is 16.1 Å². The minimum atomic E-state index is -0.230. The maximum absolute atomic E-state index is 12.2. The number of nitroso groups, excluding NO2 is 1. The third-order valence-electron chi connectivity index (χ3n) is 3.58. The van der Waals surface area contributed by atoms with Gasteiger partial charge in [-0.2, -0.15) is 0 Å². The molecule has 5 heteroatoms. The molecule has 0 N–H and O–H groups in total. The van der Waals surface area contributed by atoms with Crippen molar-refractivity contribution in [1.82, 2.24) is 5.06 Å². The molecule has 1 aromatic heterocycles. The van der Waals surface area contributed by atoms with E-state index in [1.54, 1.807) is 12.1 Å². The summed E-state index contributed by atoms with van der Waals surface area (Å²) in [7, 11) is 0. The molecule has 0 spiro atoms. The lowest BCUT2D eigenvalue weighted by Gasteiger charge is -2.43. The highest BCUT2D eigenvalue weighted by atomic mass is 16.5. The average Bonchev–Trinajstić information content (AvgIpc) is 2.87. The molecule has 17 heavy (non-hydrogen) atoms. The van der Waals surface area contributed by atoms with E-state index in [0.717, 1.165) is 35.5 Å². The van der Waals surface area contributed by atoms with E-state index in [1.165, 1.54) is 12.5 Å². The highest BCUT2D eigenvalue weighted by Gasteiger charge is 2.42. The van der Waals surface area contributed by atoms with Gasteiger partial charge < -0.3 is 14.7 Å². The van der Waals surface area contributed by atoms with Crippen molar-refractivity contribution in [3.05, 3.63) is 40.5 Å². The Morgan fingerprint density at radius 3 is 3.00 bits per heavy atom. The van der Waals surface area contributed by atoms with E-state index in [4.69, 9.17) is 4.42 Å². The summed E-state index contributed by atoms with van der Waals surface area (Å²) < 4.78 is 6.12. The first-order valence-corrected chi connectivity index (χ1v) is 5.95. The summed E-state index contributed by atoms with van der Waals surface area (Å²) in [5, 5.41) is 13.2. The second-order valence-electron chi connectivity index (χ2n) is 4.60. The quantitative estimate of drug-likeness (QED) is 0.700. The van der Waals surface area contributed by atoms with Gasteiger partial charge in [0.1, 0.15) is 5.70 Å². The Bertz CT molecular complexity index is 452. The molecule has 1 saturated carbocycles. The van der Waals surface area contributed by atoms with E-state index in [9.17, 15) is 10.1 Å². The number of fused-ring (bicyclic) bond motifs is 1. The standard InChI is InChI=1S/C12H14N2O3/c15-13-8-11(12-6-3-7-17-12)14(16)10-5-2-1-4-9(10)13/h3,6-10H,1-2,4-5H2/t9-,10+/m1/s1. The van der Waals surface area contributed by atoms with Crippen LogP contribution in [0.15, 0.2) is 29.0 Å². The number of furan rings is 1. The van der Waals surface area contributed by atoms with Gasteiger partial charge in [0.05, 0.1) is 12.3 Å². The van der Waals surface area contributed by atoms with Crippen molar-refractivity contribution in [1.29, 1.82) is 0 Å². The van der Waals surface area contributed by atoms with Crippen LogP contribution in [0.3, 0.4) is 0 Å². The predicted molar refractivity (Wildman–Crippen MR) is 61.6 cm³/mol. The largest absolute Gasteiger partial charge is 0.758 e. The molecule has 0 amide bonds. The number of hydroxylamine groups is 2. The Kier molecular flexibility index (Phi) is 2.48. The maximum atomic E-state index is 12.2. The minimum Gasteiger partial charge on any atom is -0.758 e. The van der Waals surface area contributed by atoms with Crippen LogP contribution in [0.5, 0.6) is 0 Å². The van der Waals surface area contributed by atoms with Crippen LogP contribution < -0.4 is 0 Å². The van der Waals surface area contributed by atoms with Crippen LogP contribution >= 0.6 is 0 Å². The van der Waals surface area contributed by atoms with E-state index in [-0.39, 0.29) is 12.1 Å². The molecule has 90 valence electrons. The molecule has 0 aromatic carbocycles. The summed E-state index contributed by atoms with van der Waals surface area (Å²) in [6.07, 6.45) is 6.49. The molecule has 2 aliphatic rings. The third-order valence-corrected chi connectivity index (χ3v) is 3.58. The van der Waals surface area contributed by atoms with Gasteiger partial charge in [-0.15, -0.1) is 0 Å². The molecule has 1 aromatic rings. The Balaban J connectivity index is 1.97. The van der Waals surface area contributed by atoms with Crippen molar-refractivity contribution in [2.75, 3.05) is 0 Å². The molecule has 1 aliphatic carbocycles. The second kappa shape index (κ2) is 4.00. The van der Waals surface area contributed by atoms with E-state index in [2.05, 4.69) is 0 Å². The average molecular weight is 234 g/mol. The lowest BCUT2D eigenvalue weighted by Crippen LogP contribution is -2.49. The van der Waals surface area contributed by atoms with Gasteiger partial charge >= 0.3 is 0 Å². The van der Waals surface area contributed by atoms with Crippen molar-refractivity contribution >= 4 is 5.70 Å². The van der Waals surface area contributed by atoms with Crippen LogP contribution in [0, 0.1) is 10.1 Å². The summed E-state index contributed by atoms with van der Waals surface area (Å²) >= 11 is 0. The van der Waals surface area contributed by atoms with Crippen LogP contribution in [0.25, 0.3) is 5.70 Å². The molecule has 2 heterocycles. The molecule has 1 aliphatic heterocycles. The number of nitrogens with zero attached hydrogens (tertiary/aromatic N) is 2. The monoisotopic (exact) mass is 234 g/mol. The van der Waals surface area contributed by atoms with E-state index in [1.807, 2.05) is 0 Å². The van der Waals surface area contributed by atoms with Gasteiger partial charge in [-0.25, -0.2) is 0 Å².